The summed E-state index contributed by atoms with van der Waals surface area (Å²) in [4.78, 5) is 18.7. The maximum Gasteiger partial charge on any atom is 0.323 e. The summed E-state index contributed by atoms with van der Waals surface area (Å²) < 4.78 is 11.1. The molecule has 7 heteroatoms. The zero-order chi connectivity index (χ0) is 23.2. The summed E-state index contributed by atoms with van der Waals surface area (Å²) >= 11 is 0. The molecule has 3 heterocycles. The highest BCUT2D eigenvalue weighted by atomic mass is 16.5. The number of urea groups is 1. The lowest BCUT2D eigenvalue weighted by Gasteiger charge is -2.33. The van der Waals surface area contributed by atoms with Crippen LogP contribution < -0.4 is 10.1 Å². The van der Waals surface area contributed by atoms with Crippen LogP contribution in [-0.2, 0) is 6.42 Å². The van der Waals surface area contributed by atoms with Gasteiger partial charge in [0, 0.05) is 37.5 Å². The molecule has 0 bridgehead atoms. The molecule has 4 rings (SSSR count). The molecular formula is C26H30N4O3. The average Bonchev–Trinajstić information content (AvgIpc) is 3.13. The number of aromatic nitrogens is 2. The van der Waals surface area contributed by atoms with E-state index in [2.05, 4.69) is 46.7 Å². The van der Waals surface area contributed by atoms with Crippen molar-refractivity contribution in [2.24, 2.45) is 5.92 Å². The number of hydrogen-bond acceptors (Lipinski definition) is 5. The highest BCUT2D eigenvalue weighted by Gasteiger charge is 2.25. The molecule has 2 amide bonds. The van der Waals surface area contributed by atoms with Crippen LogP contribution in [0, 0.1) is 19.8 Å². The molecule has 1 aliphatic rings. The first-order valence-electron chi connectivity index (χ1n) is 11.3. The van der Waals surface area contributed by atoms with Crippen LogP contribution in [0.1, 0.15) is 35.8 Å². The van der Waals surface area contributed by atoms with Gasteiger partial charge in [-0.3, -0.25) is 10.3 Å². The number of ether oxygens (including phenoxy) is 1. The van der Waals surface area contributed by atoms with Gasteiger partial charge in [-0.25, -0.2) is 4.79 Å². The summed E-state index contributed by atoms with van der Waals surface area (Å²) in [6.07, 6.45) is 7.52. The molecule has 3 aromatic rings. The molecule has 172 valence electrons. The number of likely N-dealkylation sites (tertiary alicyclic amines) is 1. The third-order valence-electron chi connectivity index (χ3n) is 6.06. The van der Waals surface area contributed by atoms with Gasteiger partial charge in [-0.1, -0.05) is 41.9 Å². The topological polar surface area (TPSA) is 80.5 Å². The quantitative estimate of drug-likeness (QED) is 0.558. The second-order valence-corrected chi connectivity index (χ2v) is 8.49. The van der Waals surface area contributed by atoms with Crippen LogP contribution in [-0.4, -0.2) is 40.8 Å². The minimum absolute atomic E-state index is 0.138. The molecule has 0 spiro atoms. The van der Waals surface area contributed by atoms with E-state index in [0.29, 0.717) is 31.3 Å². The fraction of sp³-hybridized carbons (Fsp3) is 0.346. The monoisotopic (exact) mass is 446 g/mol. The van der Waals surface area contributed by atoms with E-state index in [0.717, 1.165) is 35.3 Å². The highest BCUT2D eigenvalue weighted by molar-refractivity contribution is 5.89. The zero-order valence-electron chi connectivity index (χ0n) is 19.4. The van der Waals surface area contributed by atoms with E-state index >= 15 is 0 Å². The lowest BCUT2D eigenvalue weighted by atomic mass is 9.91. The molecule has 1 aliphatic heterocycles. The Morgan fingerprint density at radius 3 is 2.91 bits per heavy atom. The van der Waals surface area contributed by atoms with Gasteiger partial charge in [-0.15, -0.1) is 0 Å². The SMILES string of the molecule is Cc1onc(NC(=O)N2CCC(=Cc3cccc(OCCc4cccnc4)c3)C(C)C2)c1C. The van der Waals surface area contributed by atoms with Crippen molar-refractivity contribution in [1.29, 1.82) is 0 Å². The number of benzene rings is 1. The first-order valence-corrected chi connectivity index (χ1v) is 11.3. The van der Waals surface area contributed by atoms with Gasteiger partial charge in [0.05, 0.1) is 6.61 Å². The smallest absolute Gasteiger partial charge is 0.323 e. The van der Waals surface area contributed by atoms with Crippen LogP contribution in [0.25, 0.3) is 6.08 Å². The number of anilines is 1. The molecule has 1 aromatic carbocycles. The molecule has 0 radical (unpaired) electrons. The van der Waals surface area contributed by atoms with Gasteiger partial charge in [0.1, 0.15) is 11.5 Å². The molecule has 1 atom stereocenters. The lowest BCUT2D eigenvalue weighted by molar-refractivity contribution is 0.197. The number of carbonyl (C=O) groups excluding carboxylic acids is 1. The average molecular weight is 447 g/mol. The highest BCUT2D eigenvalue weighted by Crippen LogP contribution is 2.27. The molecule has 7 nitrogen and oxygen atoms in total. The Morgan fingerprint density at radius 1 is 1.30 bits per heavy atom. The molecule has 0 aliphatic carbocycles. The molecule has 1 saturated heterocycles. The standard InChI is InChI=1S/C26H30N4O3/c1-18-17-30(26(31)28-25-19(2)20(3)33-29-25)12-9-23(18)14-22-6-4-8-24(15-22)32-13-10-21-7-5-11-27-16-21/h4-8,11,14-16,18H,9-10,12-13,17H2,1-3H3,(H,28,29,31). The van der Waals surface area contributed by atoms with Crippen molar-refractivity contribution in [3.63, 3.8) is 0 Å². The Morgan fingerprint density at radius 2 is 2.18 bits per heavy atom. The molecule has 1 N–H and O–H groups in total. The zero-order valence-corrected chi connectivity index (χ0v) is 19.4. The number of amides is 2. The van der Waals surface area contributed by atoms with E-state index < -0.39 is 0 Å². The Balaban J connectivity index is 1.32. The van der Waals surface area contributed by atoms with Crippen LogP contribution in [0.2, 0.25) is 0 Å². The van der Waals surface area contributed by atoms with Crippen LogP contribution >= 0.6 is 0 Å². The molecule has 1 fully saturated rings. The van der Waals surface area contributed by atoms with E-state index in [1.54, 1.807) is 6.20 Å². The van der Waals surface area contributed by atoms with Crippen LogP contribution in [0.4, 0.5) is 10.6 Å². The molecule has 2 aromatic heterocycles. The van der Waals surface area contributed by atoms with E-state index in [1.165, 1.54) is 5.57 Å². The predicted octanol–water partition coefficient (Wildman–Crippen LogP) is 5.27. The van der Waals surface area contributed by atoms with Crippen LogP contribution in [0.3, 0.4) is 0 Å². The molecule has 33 heavy (non-hydrogen) atoms. The lowest BCUT2D eigenvalue weighted by Crippen LogP contribution is -2.42. The minimum Gasteiger partial charge on any atom is -0.493 e. The summed E-state index contributed by atoms with van der Waals surface area (Å²) in [6.45, 7) is 7.81. The second-order valence-electron chi connectivity index (χ2n) is 8.49. The molecular weight excluding hydrogens is 416 g/mol. The van der Waals surface area contributed by atoms with Gasteiger partial charge in [0.15, 0.2) is 5.82 Å². The summed E-state index contributed by atoms with van der Waals surface area (Å²) in [5.74, 6) is 2.33. The van der Waals surface area contributed by atoms with Crippen molar-refractivity contribution in [2.45, 2.75) is 33.6 Å². The third kappa shape index (κ3) is 5.80. The Hall–Kier alpha value is -3.61. The third-order valence-corrected chi connectivity index (χ3v) is 6.06. The van der Waals surface area contributed by atoms with Crippen molar-refractivity contribution in [1.82, 2.24) is 15.0 Å². The first-order chi connectivity index (χ1) is 16.0. The number of hydrogen-bond donors (Lipinski definition) is 1. The van der Waals surface area contributed by atoms with Crippen molar-refractivity contribution < 1.29 is 14.1 Å². The van der Waals surface area contributed by atoms with Crippen LogP contribution in [0.5, 0.6) is 5.75 Å². The van der Waals surface area contributed by atoms with Gasteiger partial charge < -0.3 is 14.2 Å². The van der Waals surface area contributed by atoms with Gasteiger partial charge in [0.25, 0.3) is 0 Å². The fourth-order valence-corrected chi connectivity index (χ4v) is 3.90. The Kier molecular flexibility index (Phi) is 7.07. The van der Waals surface area contributed by atoms with E-state index in [-0.39, 0.29) is 11.9 Å². The van der Waals surface area contributed by atoms with Crippen molar-refractivity contribution in [2.75, 3.05) is 25.0 Å². The Labute approximate surface area is 194 Å². The Bertz CT molecular complexity index is 1120. The minimum atomic E-state index is -0.138. The van der Waals surface area contributed by atoms with Crippen molar-refractivity contribution >= 4 is 17.9 Å². The fourth-order valence-electron chi connectivity index (χ4n) is 3.90. The van der Waals surface area contributed by atoms with Gasteiger partial charge >= 0.3 is 6.03 Å². The summed E-state index contributed by atoms with van der Waals surface area (Å²) in [6, 6.07) is 12.0. The largest absolute Gasteiger partial charge is 0.493 e. The number of nitrogens with one attached hydrogen (secondary N) is 1. The first kappa shape index (κ1) is 22.6. The maximum atomic E-state index is 12.7. The van der Waals surface area contributed by atoms with E-state index in [4.69, 9.17) is 9.26 Å². The van der Waals surface area contributed by atoms with Crippen molar-refractivity contribution in [3.05, 3.63) is 76.8 Å². The maximum absolute atomic E-state index is 12.7. The summed E-state index contributed by atoms with van der Waals surface area (Å²) in [5, 5.41) is 6.79. The number of carbonyl (C=O) groups is 1. The normalized spacial score (nSPS) is 17.2. The van der Waals surface area contributed by atoms with E-state index in [9.17, 15) is 4.79 Å². The summed E-state index contributed by atoms with van der Waals surface area (Å²) in [5.41, 5.74) is 4.47. The van der Waals surface area contributed by atoms with Crippen LogP contribution in [0.15, 0.2) is 58.9 Å². The molecule has 1 unspecified atom stereocenters. The molecule has 0 saturated carbocycles. The second kappa shape index (κ2) is 10.3. The van der Waals surface area contributed by atoms with Gasteiger partial charge in [-0.05, 0) is 55.5 Å². The number of piperidine rings is 1. The number of nitrogens with zero attached hydrogens (tertiary/aromatic N) is 3. The van der Waals surface area contributed by atoms with Crippen molar-refractivity contribution in [3.8, 4) is 5.75 Å². The number of rotatable bonds is 6. The van der Waals surface area contributed by atoms with Gasteiger partial charge in [-0.2, -0.15) is 0 Å². The summed E-state index contributed by atoms with van der Waals surface area (Å²) in [7, 11) is 0. The predicted molar refractivity (Wildman–Crippen MR) is 128 cm³/mol. The number of pyridine rings is 1. The van der Waals surface area contributed by atoms with E-state index in [1.807, 2.05) is 43.1 Å². The van der Waals surface area contributed by atoms with Gasteiger partial charge in [0.2, 0.25) is 0 Å². The number of aryl methyl sites for hydroxylation is 1.